The van der Waals surface area contributed by atoms with Crippen LogP contribution in [-0.2, 0) is 0 Å². The van der Waals surface area contributed by atoms with Crippen LogP contribution in [0, 0.1) is 12.8 Å². The maximum Gasteiger partial charge on any atom is 0.411 e. The number of nitrogens with one attached hydrogen (secondary N) is 1. The van der Waals surface area contributed by atoms with Crippen molar-refractivity contribution in [1.82, 2.24) is 15.5 Å². The third-order valence-electron chi connectivity index (χ3n) is 4.08. The van der Waals surface area contributed by atoms with Gasteiger partial charge in [0, 0.05) is 6.54 Å². The van der Waals surface area contributed by atoms with E-state index in [1.165, 1.54) is 4.90 Å². The lowest BCUT2D eigenvalue weighted by molar-refractivity contribution is 0.199. The van der Waals surface area contributed by atoms with Gasteiger partial charge in [0.15, 0.2) is 5.82 Å². The van der Waals surface area contributed by atoms with Crippen molar-refractivity contribution in [2.75, 3.05) is 24.5 Å². The Morgan fingerprint density at radius 1 is 1.38 bits per heavy atom. The number of hydrogen-bond donors (Lipinski definition) is 2. The summed E-state index contributed by atoms with van der Waals surface area (Å²) in [6.45, 7) is 4.08. The lowest BCUT2D eigenvalue weighted by atomic mass is 9.97. The smallest absolute Gasteiger partial charge is 0.411 e. The van der Waals surface area contributed by atoms with E-state index in [1.807, 2.05) is 12.1 Å². The molecule has 0 aliphatic carbocycles. The molecule has 1 aliphatic heterocycles. The average Bonchev–Trinajstić information content (AvgIpc) is 3.00. The van der Waals surface area contributed by atoms with Crippen LogP contribution in [-0.4, -0.2) is 41.0 Å². The van der Waals surface area contributed by atoms with Gasteiger partial charge in [-0.2, -0.15) is 4.98 Å². The molecule has 0 bridgehead atoms. The molecule has 1 saturated heterocycles. The van der Waals surface area contributed by atoms with Gasteiger partial charge in [0.05, 0.1) is 11.3 Å². The summed E-state index contributed by atoms with van der Waals surface area (Å²) in [6, 6.07) is 7.24. The van der Waals surface area contributed by atoms with Gasteiger partial charge in [0.2, 0.25) is 0 Å². The minimum Gasteiger partial charge on any atom is -0.465 e. The number of amides is 1. The predicted molar refractivity (Wildman–Crippen MR) is 92.7 cm³/mol. The van der Waals surface area contributed by atoms with Crippen molar-refractivity contribution in [3.63, 3.8) is 0 Å². The van der Waals surface area contributed by atoms with E-state index in [1.54, 1.807) is 19.1 Å². The molecule has 8 heteroatoms. The molecule has 3 rings (SSSR count). The van der Waals surface area contributed by atoms with Gasteiger partial charge < -0.3 is 14.9 Å². The third-order valence-corrected chi connectivity index (χ3v) is 4.08. The molecule has 1 aliphatic rings. The second-order valence-electron chi connectivity index (χ2n) is 5.75. The number of nitrogens with zero attached hydrogens (tertiary/aromatic N) is 3. The Labute approximate surface area is 146 Å². The summed E-state index contributed by atoms with van der Waals surface area (Å²) in [5.74, 6) is 1.22. The van der Waals surface area contributed by atoms with Gasteiger partial charge in [-0.05, 0) is 50.9 Å². The van der Waals surface area contributed by atoms with Crippen molar-refractivity contribution in [3.8, 4) is 11.5 Å². The number of aromatic nitrogens is 2. The molecule has 2 aromatic rings. The first-order valence-corrected chi connectivity index (χ1v) is 7.76. The highest BCUT2D eigenvalue weighted by molar-refractivity contribution is 5.91. The van der Waals surface area contributed by atoms with Crippen LogP contribution in [0.5, 0.6) is 0 Å². The first-order valence-electron chi connectivity index (χ1n) is 7.76. The van der Waals surface area contributed by atoms with Crippen LogP contribution in [0.2, 0.25) is 0 Å². The summed E-state index contributed by atoms with van der Waals surface area (Å²) < 4.78 is 5.22. The summed E-state index contributed by atoms with van der Waals surface area (Å²) in [6.07, 6.45) is 0.990. The molecule has 130 valence electrons. The maximum atomic E-state index is 11.8. The number of para-hydroxylation sites is 1. The van der Waals surface area contributed by atoms with Crippen LogP contribution in [0.4, 0.5) is 10.5 Å². The van der Waals surface area contributed by atoms with E-state index in [-0.39, 0.29) is 12.4 Å². The highest BCUT2D eigenvalue weighted by atomic mass is 35.5. The van der Waals surface area contributed by atoms with Gasteiger partial charge in [-0.25, -0.2) is 4.79 Å². The van der Waals surface area contributed by atoms with E-state index in [0.29, 0.717) is 35.4 Å². The third kappa shape index (κ3) is 4.04. The number of anilines is 1. The van der Waals surface area contributed by atoms with Gasteiger partial charge >= 0.3 is 6.09 Å². The highest BCUT2D eigenvalue weighted by Crippen LogP contribution is 2.31. The van der Waals surface area contributed by atoms with E-state index in [4.69, 9.17) is 4.52 Å². The second-order valence-corrected chi connectivity index (χ2v) is 5.75. The topological polar surface area (TPSA) is 91.5 Å². The number of piperidine rings is 1. The Morgan fingerprint density at radius 3 is 2.71 bits per heavy atom. The van der Waals surface area contributed by atoms with Crippen LogP contribution < -0.4 is 10.2 Å². The van der Waals surface area contributed by atoms with Crippen molar-refractivity contribution in [2.45, 2.75) is 19.8 Å². The predicted octanol–water partition coefficient (Wildman–Crippen LogP) is 2.95. The molecule has 1 aromatic carbocycles. The quantitative estimate of drug-likeness (QED) is 0.879. The molecule has 0 spiro atoms. The molecular weight excluding hydrogens is 332 g/mol. The second kappa shape index (κ2) is 8.12. The number of rotatable bonds is 4. The van der Waals surface area contributed by atoms with Gasteiger partial charge in [-0.15, -0.1) is 12.4 Å². The standard InChI is InChI=1S/C16H20N4O3.ClH/c1-11-18-15(23-19-11)13-4-2-3-5-14(13)20(16(21)22)10-12-6-8-17-9-7-12;/h2-5,12,17H,6-10H2,1H3,(H,21,22);1H. The molecule has 1 amide bonds. The van der Waals surface area contributed by atoms with E-state index < -0.39 is 6.09 Å². The lowest BCUT2D eigenvalue weighted by Crippen LogP contribution is -2.39. The van der Waals surface area contributed by atoms with E-state index in [0.717, 1.165) is 25.9 Å². The molecule has 2 N–H and O–H groups in total. The van der Waals surface area contributed by atoms with Crippen molar-refractivity contribution in [3.05, 3.63) is 30.1 Å². The zero-order valence-electron chi connectivity index (χ0n) is 13.4. The van der Waals surface area contributed by atoms with Crippen molar-refractivity contribution >= 4 is 24.2 Å². The number of benzene rings is 1. The summed E-state index contributed by atoms with van der Waals surface area (Å²) in [5.41, 5.74) is 1.23. The number of carbonyl (C=O) groups is 1. The zero-order valence-corrected chi connectivity index (χ0v) is 14.3. The van der Waals surface area contributed by atoms with Crippen molar-refractivity contribution in [2.24, 2.45) is 5.92 Å². The summed E-state index contributed by atoms with van der Waals surface area (Å²) >= 11 is 0. The Morgan fingerprint density at radius 2 is 2.08 bits per heavy atom. The van der Waals surface area contributed by atoms with Crippen molar-refractivity contribution < 1.29 is 14.4 Å². The Hall–Kier alpha value is -2.12. The number of aryl methyl sites for hydroxylation is 1. The van der Waals surface area contributed by atoms with Crippen molar-refractivity contribution in [1.29, 1.82) is 0 Å². The molecule has 7 nitrogen and oxygen atoms in total. The molecule has 24 heavy (non-hydrogen) atoms. The molecule has 1 fully saturated rings. The van der Waals surface area contributed by atoms with Gasteiger partial charge in [-0.3, -0.25) is 4.90 Å². The van der Waals surface area contributed by atoms with Gasteiger partial charge in [-0.1, -0.05) is 17.3 Å². The van der Waals surface area contributed by atoms with Crippen LogP contribution >= 0.6 is 12.4 Å². The zero-order chi connectivity index (χ0) is 16.2. The minimum atomic E-state index is -0.966. The first kappa shape index (κ1) is 18.2. The van der Waals surface area contributed by atoms with E-state index in [9.17, 15) is 9.90 Å². The molecule has 0 atom stereocenters. The highest BCUT2D eigenvalue weighted by Gasteiger charge is 2.25. The van der Waals surface area contributed by atoms with Crippen LogP contribution in [0.25, 0.3) is 11.5 Å². The monoisotopic (exact) mass is 352 g/mol. The summed E-state index contributed by atoms with van der Waals surface area (Å²) in [7, 11) is 0. The Kier molecular flexibility index (Phi) is 6.16. The minimum absolute atomic E-state index is 0. The molecule has 0 saturated carbocycles. The molecule has 0 radical (unpaired) electrons. The van der Waals surface area contributed by atoms with Gasteiger partial charge in [0.1, 0.15) is 0 Å². The normalized spacial score (nSPS) is 14.9. The molecule has 0 unspecified atom stereocenters. The van der Waals surface area contributed by atoms with Crippen LogP contribution in [0.1, 0.15) is 18.7 Å². The number of carboxylic acid groups (broad SMARTS) is 1. The Bertz CT molecular complexity index is 685. The summed E-state index contributed by atoms with van der Waals surface area (Å²) in [5, 5.41) is 16.8. The van der Waals surface area contributed by atoms with Crippen LogP contribution in [0.3, 0.4) is 0 Å². The fourth-order valence-electron chi connectivity index (χ4n) is 2.90. The number of hydrogen-bond acceptors (Lipinski definition) is 5. The van der Waals surface area contributed by atoms with E-state index >= 15 is 0 Å². The maximum absolute atomic E-state index is 11.8. The number of halogens is 1. The largest absolute Gasteiger partial charge is 0.465 e. The average molecular weight is 353 g/mol. The van der Waals surface area contributed by atoms with E-state index in [2.05, 4.69) is 15.5 Å². The lowest BCUT2D eigenvalue weighted by Gasteiger charge is -2.29. The molecule has 1 aromatic heterocycles. The molecular formula is C16H21ClN4O3. The van der Waals surface area contributed by atoms with Crippen LogP contribution in [0.15, 0.2) is 28.8 Å². The fraction of sp³-hybridized carbons (Fsp3) is 0.438. The van der Waals surface area contributed by atoms with Gasteiger partial charge in [0.25, 0.3) is 5.89 Å². The fourth-order valence-corrected chi connectivity index (χ4v) is 2.90. The summed E-state index contributed by atoms with van der Waals surface area (Å²) in [4.78, 5) is 17.4. The Balaban J connectivity index is 0.00000208. The molecule has 2 heterocycles. The first-order chi connectivity index (χ1) is 11.1. The SMILES string of the molecule is Cc1noc(-c2ccccc2N(CC2CCNCC2)C(=O)O)n1.Cl.